The zero-order valence-corrected chi connectivity index (χ0v) is 10.3. The first kappa shape index (κ1) is 12.9. The minimum Gasteiger partial charge on any atom is -0.370 e. The van der Waals surface area contributed by atoms with Gasteiger partial charge in [0.05, 0.1) is 17.1 Å². The van der Waals surface area contributed by atoms with E-state index < -0.39 is 25.5 Å². The number of nitrogens with zero attached hydrogens (tertiary/aromatic N) is 1. The number of epoxide rings is 1. The third-order valence-electron chi connectivity index (χ3n) is 2.67. The molecule has 1 fully saturated rings. The minimum atomic E-state index is -4.46. The summed E-state index contributed by atoms with van der Waals surface area (Å²) in [7, 11) is -4.46. The Morgan fingerprint density at radius 1 is 1.50 bits per heavy atom. The lowest BCUT2D eigenvalue weighted by Crippen LogP contribution is -2.10. The van der Waals surface area contributed by atoms with Crippen LogP contribution < -0.4 is 0 Å². The standard InChI is InChI=1S/C10H11NO6S/c1-10(6-17-10)5-7-2-8(11(12)13)4-9(3-7)18(14,15)16/h2-4H,5-6H2,1H3,(H,14,15,16). The summed E-state index contributed by atoms with van der Waals surface area (Å²) in [5.74, 6) is 0. The number of ether oxygens (including phenoxy) is 1. The molecule has 1 N–H and O–H groups in total. The van der Waals surface area contributed by atoms with E-state index in [-0.39, 0.29) is 5.69 Å². The first-order chi connectivity index (χ1) is 8.20. The molecule has 1 aliphatic heterocycles. The fourth-order valence-corrected chi connectivity index (χ4v) is 2.23. The monoisotopic (exact) mass is 273 g/mol. The predicted molar refractivity (Wildman–Crippen MR) is 61.0 cm³/mol. The van der Waals surface area contributed by atoms with E-state index in [1.165, 1.54) is 12.1 Å². The van der Waals surface area contributed by atoms with Crippen molar-refractivity contribution in [2.24, 2.45) is 0 Å². The summed E-state index contributed by atoms with van der Waals surface area (Å²) >= 11 is 0. The molecule has 8 heteroatoms. The van der Waals surface area contributed by atoms with Crippen molar-refractivity contribution in [2.75, 3.05) is 6.61 Å². The Labute approximate surface area is 103 Å². The van der Waals surface area contributed by atoms with Gasteiger partial charge in [-0.1, -0.05) is 0 Å². The molecule has 1 saturated heterocycles. The maximum Gasteiger partial charge on any atom is 0.294 e. The summed E-state index contributed by atoms with van der Waals surface area (Å²) in [6.45, 7) is 2.34. The van der Waals surface area contributed by atoms with Crippen LogP contribution in [0.4, 0.5) is 5.69 Å². The molecule has 1 unspecified atom stereocenters. The van der Waals surface area contributed by atoms with Gasteiger partial charge in [-0.15, -0.1) is 0 Å². The molecule has 0 bridgehead atoms. The van der Waals surface area contributed by atoms with E-state index in [2.05, 4.69) is 0 Å². The maximum absolute atomic E-state index is 11.0. The average molecular weight is 273 g/mol. The zero-order valence-electron chi connectivity index (χ0n) is 9.49. The number of nitro groups is 1. The summed E-state index contributed by atoms with van der Waals surface area (Å²) < 4.78 is 36.2. The summed E-state index contributed by atoms with van der Waals surface area (Å²) in [6, 6.07) is 3.33. The molecule has 2 rings (SSSR count). The minimum absolute atomic E-state index is 0.358. The molecule has 1 atom stereocenters. The molecule has 1 aromatic carbocycles. The van der Waals surface area contributed by atoms with Gasteiger partial charge in [-0.3, -0.25) is 14.7 Å². The molecule has 0 saturated carbocycles. The highest BCUT2D eigenvalue weighted by molar-refractivity contribution is 7.85. The molecule has 18 heavy (non-hydrogen) atoms. The molecule has 1 heterocycles. The van der Waals surface area contributed by atoms with Gasteiger partial charge < -0.3 is 4.74 Å². The summed E-state index contributed by atoms with van der Waals surface area (Å²) in [6.07, 6.45) is 0.358. The summed E-state index contributed by atoms with van der Waals surface area (Å²) in [4.78, 5) is 9.54. The highest BCUT2D eigenvalue weighted by Crippen LogP contribution is 2.32. The molecule has 0 aliphatic carbocycles. The van der Waals surface area contributed by atoms with Crippen LogP contribution in [0.2, 0.25) is 0 Å². The molecule has 7 nitrogen and oxygen atoms in total. The third kappa shape index (κ3) is 2.84. The Bertz CT molecular complexity index is 605. The topological polar surface area (TPSA) is 110 Å². The second kappa shape index (κ2) is 4.01. The van der Waals surface area contributed by atoms with Gasteiger partial charge in [0.15, 0.2) is 0 Å². The van der Waals surface area contributed by atoms with Crippen LogP contribution in [0, 0.1) is 10.1 Å². The Hall–Kier alpha value is -1.51. The number of hydrogen-bond donors (Lipinski definition) is 1. The first-order valence-electron chi connectivity index (χ1n) is 5.09. The van der Waals surface area contributed by atoms with E-state index in [9.17, 15) is 18.5 Å². The number of rotatable bonds is 4. The molecule has 1 aliphatic rings. The van der Waals surface area contributed by atoms with Crippen molar-refractivity contribution < 1.29 is 22.6 Å². The van der Waals surface area contributed by atoms with E-state index in [4.69, 9.17) is 9.29 Å². The van der Waals surface area contributed by atoms with Crippen molar-refractivity contribution >= 4 is 15.8 Å². The zero-order chi connectivity index (χ0) is 13.6. The van der Waals surface area contributed by atoms with Crippen molar-refractivity contribution in [3.8, 4) is 0 Å². The van der Waals surface area contributed by atoms with Gasteiger partial charge in [-0.25, -0.2) is 0 Å². The van der Waals surface area contributed by atoms with E-state index in [1.807, 2.05) is 6.92 Å². The van der Waals surface area contributed by atoms with E-state index in [1.54, 1.807) is 0 Å². The van der Waals surface area contributed by atoms with E-state index >= 15 is 0 Å². The van der Waals surface area contributed by atoms with Crippen LogP contribution in [0.5, 0.6) is 0 Å². The number of nitro benzene ring substituents is 1. The molecule has 98 valence electrons. The summed E-state index contributed by atoms with van der Waals surface area (Å²) in [5, 5.41) is 10.7. The number of benzene rings is 1. The second-order valence-electron chi connectivity index (χ2n) is 4.48. The lowest BCUT2D eigenvalue weighted by atomic mass is 10.0. The highest BCUT2D eigenvalue weighted by atomic mass is 32.2. The highest BCUT2D eigenvalue weighted by Gasteiger charge is 2.39. The SMILES string of the molecule is CC1(Cc2cc([N+](=O)[O-])cc(S(=O)(=O)O)c2)CO1. The van der Waals surface area contributed by atoms with E-state index in [0.29, 0.717) is 18.6 Å². The number of non-ortho nitro benzene ring substituents is 1. The van der Waals surface area contributed by atoms with Gasteiger partial charge >= 0.3 is 0 Å². The fourth-order valence-electron chi connectivity index (χ4n) is 1.66. The lowest BCUT2D eigenvalue weighted by Gasteiger charge is -2.06. The van der Waals surface area contributed by atoms with Gasteiger partial charge in [0.2, 0.25) is 0 Å². The molecule has 0 amide bonds. The van der Waals surface area contributed by atoms with Crippen LogP contribution in [0.3, 0.4) is 0 Å². The number of hydrogen-bond acceptors (Lipinski definition) is 5. The van der Waals surface area contributed by atoms with E-state index in [0.717, 1.165) is 6.07 Å². The Morgan fingerprint density at radius 3 is 2.56 bits per heavy atom. The summed E-state index contributed by atoms with van der Waals surface area (Å²) in [5.41, 5.74) is -0.327. The van der Waals surface area contributed by atoms with Crippen molar-refractivity contribution in [3.05, 3.63) is 33.9 Å². The van der Waals surface area contributed by atoms with Crippen molar-refractivity contribution in [2.45, 2.75) is 23.8 Å². The smallest absolute Gasteiger partial charge is 0.294 e. The molecule has 1 aromatic rings. The lowest BCUT2D eigenvalue weighted by molar-refractivity contribution is -0.385. The van der Waals surface area contributed by atoms with Crippen LogP contribution in [0.15, 0.2) is 23.1 Å². The van der Waals surface area contributed by atoms with Gasteiger partial charge in [0.25, 0.3) is 15.8 Å². The second-order valence-corrected chi connectivity index (χ2v) is 5.90. The van der Waals surface area contributed by atoms with Crippen LogP contribution in [0.25, 0.3) is 0 Å². The normalized spacial score (nSPS) is 22.8. The van der Waals surface area contributed by atoms with Crippen LogP contribution in [-0.4, -0.2) is 30.1 Å². The van der Waals surface area contributed by atoms with Crippen molar-refractivity contribution in [3.63, 3.8) is 0 Å². The predicted octanol–water partition coefficient (Wildman–Crippen LogP) is 1.17. The maximum atomic E-state index is 11.0. The van der Waals surface area contributed by atoms with Crippen molar-refractivity contribution in [1.29, 1.82) is 0 Å². The van der Waals surface area contributed by atoms with Gasteiger partial charge in [0, 0.05) is 18.6 Å². The van der Waals surface area contributed by atoms with Crippen LogP contribution in [-0.2, 0) is 21.3 Å². The molecule has 0 aromatic heterocycles. The Kier molecular flexibility index (Phi) is 2.88. The van der Waals surface area contributed by atoms with Gasteiger partial charge in [-0.05, 0) is 18.6 Å². The molecule has 0 spiro atoms. The molecular formula is C10H11NO6S. The molecule has 0 radical (unpaired) electrons. The van der Waals surface area contributed by atoms with Crippen LogP contribution >= 0.6 is 0 Å². The quantitative estimate of drug-likeness (QED) is 0.381. The van der Waals surface area contributed by atoms with Crippen molar-refractivity contribution in [1.82, 2.24) is 0 Å². The van der Waals surface area contributed by atoms with Gasteiger partial charge in [0.1, 0.15) is 4.90 Å². The fraction of sp³-hybridized carbons (Fsp3) is 0.400. The molecular weight excluding hydrogens is 262 g/mol. The first-order valence-corrected chi connectivity index (χ1v) is 6.53. The Morgan fingerprint density at radius 2 is 2.11 bits per heavy atom. The average Bonchev–Trinajstić information content (AvgIpc) is 2.94. The van der Waals surface area contributed by atoms with Gasteiger partial charge in [-0.2, -0.15) is 8.42 Å². The van der Waals surface area contributed by atoms with Crippen LogP contribution in [0.1, 0.15) is 12.5 Å². The largest absolute Gasteiger partial charge is 0.370 e. The third-order valence-corrected chi connectivity index (χ3v) is 3.51. The Balaban J connectivity index is 2.46.